The first-order valence-electron chi connectivity index (χ1n) is 3.26. The van der Waals surface area contributed by atoms with Crippen LogP contribution in [0, 0.1) is 13.8 Å². The van der Waals surface area contributed by atoms with Gasteiger partial charge in [0.2, 0.25) is 0 Å². The molecule has 0 radical (unpaired) electrons. The highest BCUT2D eigenvalue weighted by Crippen LogP contribution is 2.19. The molecule has 0 fully saturated rings. The summed E-state index contributed by atoms with van der Waals surface area (Å²) in [4.78, 5) is 8.00. The Kier molecular flexibility index (Phi) is 3.96. The first-order chi connectivity index (χ1) is 5.22. The van der Waals surface area contributed by atoms with Crippen molar-refractivity contribution in [1.82, 2.24) is 0 Å². The van der Waals surface area contributed by atoms with E-state index in [9.17, 15) is 5.11 Å². The van der Waals surface area contributed by atoms with E-state index in [1.54, 1.807) is 0 Å². The molecule has 0 amide bonds. The second-order valence-corrected chi connectivity index (χ2v) is 2.24. The summed E-state index contributed by atoms with van der Waals surface area (Å²) in [6.45, 7) is 5.78. The number of hydrogen-bond donors (Lipinski definition) is 1. The van der Waals surface area contributed by atoms with Gasteiger partial charge in [-0.2, -0.15) is 0 Å². The number of phenols is 1. The summed E-state index contributed by atoms with van der Waals surface area (Å²) >= 11 is 0. The number of para-hydroxylation sites is 1. The van der Waals surface area contributed by atoms with Crippen LogP contribution in [0.3, 0.4) is 0 Å². The topological polar surface area (TPSA) is 37.3 Å². The molecular weight excluding hydrogens is 140 g/mol. The smallest absolute Gasteiger partial charge is 0.121 e. The molecule has 0 aliphatic heterocycles. The summed E-state index contributed by atoms with van der Waals surface area (Å²) in [7, 11) is 0. The average Bonchev–Trinajstić information content (AvgIpc) is 2.04. The van der Waals surface area contributed by atoms with Gasteiger partial charge < -0.3 is 9.90 Å². The number of aryl methyl sites for hydroxylation is 2. The van der Waals surface area contributed by atoms with Crippen LogP contribution in [0.5, 0.6) is 5.75 Å². The lowest BCUT2D eigenvalue weighted by atomic mass is 10.1. The van der Waals surface area contributed by atoms with E-state index in [2.05, 4.69) is 0 Å². The second kappa shape index (κ2) is 4.50. The van der Waals surface area contributed by atoms with E-state index in [1.165, 1.54) is 0 Å². The highest BCUT2D eigenvalue weighted by atomic mass is 16.3. The number of benzene rings is 1. The van der Waals surface area contributed by atoms with E-state index in [0.29, 0.717) is 5.75 Å². The lowest BCUT2D eigenvalue weighted by Gasteiger charge is -1.99. The molecule has 0 bridgehead atoms. The first kappa shape index (κ1) is 9.69. The van der Waals surface area contributed by atoms with Crippen LogP contribution in [0.4, 0.5) is 0 Å². The molecule has 0 spiro atoms. The Bertz CT molecular complexity index is 211. The zero-order chi connectivity index (χ0) is 8.85. The van der Waals surface area contributed by atoms with Gasteiger partial charge in [0.1, 0.15) is 12.5 Å². The van der Waals surface area contributed by atoms with E-state index in [0.717, 1.165) is 11.1 Å². The highest BCUT2D eigenvalue weighted by molar-refractivity contribution is 5.37. The van der Waals surface area contributed by atoms with Gasteiger partial charge in [0.15, 0.2) is 0 Å². The zero-order valence-corrected chi connectivity index (χ0v) is 6.79. The van der Waals surface area contributed by atoms with Gasteiger partial charge in [0, 0.05) is 0 Å². The molecule has 0 aliphatic rings. The van der Waals surface area contributed by atoms with Gasteiger partial charge in [-0.3, -0.25) is 0 Å². The number of aromatic hydroxyl groups is 1. The second-order valence-electron chi connectivity index (χ2n) is 2.24. The average molecular weight is 152 g/mol. The van der Waals surface area contributed by atoms with Crippen molar-refractivity contribution >= 4 is 6.79 Å². The lowest BCUT2D eigenvalue weighted by molar-refractivity contribution is -0.0979. The Morgan fingerprint density at radius 2 is 1.55 bits per heavy atom. The third kappa shape index (κ3) is 2.42. The molecule has 60 valence electrons. The fourth-order valence-electron chi connectivity index (χ4n) is 0.806. The Morgan fingerprint density at radius 3 is 1.82 bits per heavy atom. The van der Waals surface area contributed by atoms with Crippen molar-refractivity contribution in [1.29, 1.82) is 0 Å². The maximum atomic E-state index is 9.21. The predicted molar refractivity (Wildman–Crippen MR) is 44.7 cm³/mol. The molecule has 11 heavy (non-hydrogen) atoms. The minimum Gasteiger partial charge on any atom is -0.507 e. The summed E-state index contributed by atoms with van der Waals surface area (Å²) in [6, 6.07) is 5.72. The molecule has 1 rings (SSSR count). The van der Waals surface area contributed by atoms with Crippen molar-refractivity contribution < 1.29 is 9.90 Å². The summed E-state index contributed by atoms with van der Waals surface area (Å²) in [5.41, 5.74) is 1.88. The van der Waals surface area contributed by atoms with E-state index in [4.69, 9.17) is 4.79 Å². The summed E-state index contributed by atoms with van der Waals surface area (Å²) in [5, 5.41) is 9.21. The van der Waals surface area contributed by atoms with Gasteiger partial charge in [0.05, 0.1) is 0 Å². The maximum Gasteiger partial charge on any atom is 0.121 e. The van der Waals surface area contributed by atoms with Gasteiger partial charge >= 0.3 is 0 Å². The van der Waals surface area contributed by atoms with Crippen molar-refractivity contribution in [3.63, 3.8) is 0 Å². The Balaban J connectivity index is 0.000000461. The first-order valence-corrected chi connectivity index (χ1v) is 3.26. The quantitative estimate of drug-likeness (QED) is 0.615. The van der Waals surface area contributed by atoms with Gasteiger partial charge in [-0.05, 0) is 25.0 Å². The molecule has 0 atom stereocenters. The molecule has 2 nitrogen and oxygen atoms in total. The van der Waals surface area contributed by atoms with Crippen molar-refractivity contribution in [3.05, 3.63) is 29.3 Å². The fourth-order valence-corrected chi connectivity index (χ4v) is 0.806. The van der Waals surface area contributed by atoms with E-state index in [-0.39, 0.29) is 0 Å². The minimum atomic E-state index is 0.414. The molecule has 1 aromatic rings. The van der Waals surface area contributed by atoms with Crippen LogP contribution in [-0.4, -0.2) is 11.9 Å². The van der Waals surface area contributed by atoms with Gasteiger partial charge in [-0.1, -0.05) is 18.2 Å². The molecule has 1 N–H and O–H groups in total. The van der Waals surface area contributed by atoms with Crippen LogP contribution in [0.2, 0.25) is 0 Å². The standard InChI is InChI=1S/C8H10O.CH2O/c1-6-4-3-5-7(2)8(6)9;1-2/h3-5,9H,1-2H3;1H2. The van der Waals surface area contributed by atoms with E-state index in [1.807, 2.05) is 38.8 Å². The number of phenolic OH excluding ortho intramolecular Hbond substituents is 1. The molecule has 0 aliphatic carbocycles. The SMILES string of the molecule is C=O.Cc1cccc(C)c1O. The lowest BCUT2D eigenvalue weighted by Crippen LogP contribution is -1.76. The highest BCUT2D eigenvalue weighted by Gasteiger charge is 1.95. The molecular formula is C9H12O2. The summed E-state index contributed by atoms with van der Waals surface area (Å²) < 4.78 is 0. The van der Waals surface area contributed by atoms with Crippen LogP contribution in [0.15, 0.2) is 18.2 Å². The van der Waals surface area contributed by atoms with Crippen LogP contribution < -0.4 is 0 Å². The number of carbonyl (C=O) groups is 1. The predicted octanol–water partition coefficient (Wildman–Crippen LogP) is 1.82. The molecule has 0 unspecified atom stereocenters. The normalized spacial score (nSPS) is 8.18. The third-order valence-electron chi connectivity index (χ3n) is 1.44. The largest absolute Gasteiger partial charge is 0.507 e. The third-order valence-corrected chi connectivity index (χ3v) is 1.44. The number of hydrogen-bond acceptors (Lipinski definition) is 2. The number of carbonyl (C=O) groups excluding carboxylic acids is 1. The number of rotatable bonds is 0. The van der Waals surface area contributed by atoms with Gasteiger partial charge in [0.25, 0.3) is 0 Å². The van der Waals surface area contributed by atoms with Gasteiger partial charge in [-0.25, -0.2) is 0 Å². The maximum absolute atomic E-state index is 9.21. The van der Waals surface area contributed by atoms with Crippen LogP contribution in [-0.2, 0) is 4.79 Å². The molecule has 0 aromatic heterocycles. The van der Waals surface area contributed by atoms with Crippen molar-refractivity contribution in [2.45, 2.75) is 13.8 Å². The van der Waals surface area contributed by atoms with E-state index >= 15 is 0 Å². The summed E-state index contributed by atoms with van der Waals surface area (Å²) in [6.07, 6.45) is 0. The minimum absolute atomic E-state index is 0.414. The van der Waals surface area contributed by atoms with Crippen molar-refractivity contribution in [2.75, 3.05) is 0 Å². The molecule has 0 saturated carbocycles. The van der Waals surface area contributed by atoms with Crippen molar-refractivity contribution in [3.8, 4) is 5.75 Å². The Morgan fingerprint density at radius 1 is 1.18 bits per heavy atom. The monoisotopic (exact) mass is 152 g/mol. The molecule has 0 heterocycles. The fraction of sp³-hybridized carbons (Fsp3) is 0.222. The Hall–Kier alpha value is -1.31. The van der Waals surface area contributed by atoms with Crippen LogP contribution in [0.25, 0.3) is 0 Å². The van der Waals surface area contributed by atoms with Crippen LogP contribution >= 0.6 is 0 Å². The van der Waals surface area contributed by atoms with Gasteiger partial charge in [-0.15, -0.1) is 0 Å². The molecule has 2 heteroatoms. The summed E-state index contributed by atoms with van der Waals surface area (Å²) in [5.74, 6) is 0.414. The van der Waals surface area contributed by atoms with Crippen molar-refractivity contribution in [2.24, 2.45) is 0 Å². The Labute approximate surface area is 66.5 Å². The zero-order valence-electron chi connectivity index (χ0n) is 6.79. The van der Waals surface area contributed by atoms with Crippen LogP contribution in [0.1, 0.15) is 11.1 Å². The van der Waals surface area contributed by atoms with E-state index < -0.39 is 0 Å². The molecule has 1 aromatic carbocycles. The molecule has 0 saturated heterocycles.